The van der Waals surface area contributed by atoms with Crippen LogP contribution in [0.1, 0.15) is 11.4 Å². The van der Waals surface area contributed by atoms with Crippen LogP contribution >= 0.6 is 11.6 Å². The molecule has 0 fully saturated rings. The predicted molar refractivity (Wildman–Crippen MR) is 110 cm³/mol. The average Bonchev–Trinajstić information content (AvgIpc) is 2.72. The van der Waals surface area contributed by atoms with E-state index in [9.17, 15) is 18.0 Å². The Balaban J connectivity index is 1.85. The molecule has 31 heavy (non-hydrogen) atoms. The van der Waals surface area contributed by atoms with Crippen molar-refractivity contribution in [1.29, 1.82) is 0 Å². The van der Waals surface area contributed by atoms with Crippen molar-refractivity contribution in [2.45, 2.75) is 13.3 Å². The molecule has 3 aromatic rings. The highest BCUT2D eigenvalue weighted by Gasteiger charge is 2.31. The van der Waals surface area contributed by atoms with Gasteiger partial charge in [0.2, 0.25) is 5.43 Å². The highest BCUT2D eigenvalue weighted by Crippen LogP contribution is 2.29. The van der Waals surface area contributed by atoms with Crippen molar-refractivity contribution < 1.29 is 27.5 Å². The highest BCUT2D eigenvalue weighted by molar-refractivity contribution is 6.31. The summed E-state index contributed by atoms with van der Waals surface area (Å²) in [6.45, 7) is 1.67. The van der Waals surface area contributed by atoms with Crippen LogP contribution in [0.3, 0.4) is 0 Å². The predicted octanol–water partition coefficient (Wildman–Crippen LogP) is 5.67. The number of oxime groups is 1. The molecule has 3 rings (SSSR count). The lowest BCUT2D eigenvalue weighted by atomic mass is 10.0. The lowest BCUT2D eigenvalue weighted by Crippen LogP contribution is -2.16. The number of aromatic nitrogens is 1. The minimum atomic E-state index is -4.76. The molecule has 0 radical (unpaired) electrons. The Morgan fingerprint density at radius 2 is 1.55 bits per heavy atom. The summed E-state index contributed by atoms with van der Waals surface area (Å²) in [7, 11) is 1.38. The van der Waals surface area contributed by atoms with E-state index in [0.717, 1.165) is 12.1 Å². The number of benzene rings is 2. The van der Waals surface area contributed by atoms with Crippen LogP contribution in [0, 0.1) is 6.92 Å². The van der Waals surface area contributed by atoms with Gasteiger partial charge >= 0.3 is 6.36 Å². The van der Waals surface area contributed by atoms with E-state index < -0.39 is 6.36 Å². The number of aryl methyl sites for hydroxylation is 1. The summed E-state index contributed by atoms with van der Waals surface area (Å²) in [4.78, 5) is 20.4. The highest BCUT2D eigenvalue weighted by atomic mass is 35.5. The number of nitrogens with zero attached hydrogens (tertiary/aromatic N) is 1. The molecule has 0 saturated carbocycles. The second kappa shape index (κ2) is 9.13. The van der Waals surface area contributed by atoms with Crippen molar-refractivity contribution in [3.05, 3.63) is 75.2 Å². The lowest BCUT2D eigenvalue weighted by molar-refractivity contribution is -0.274. The van der Waals surface area contributed by atoms with Crippen molar-refractivity contribution in [1.82, 2.24) is 4.98 Å². The maximum atomic E-state index is 12.7. The molecule has 0 atom stereocenters. The van der Waals surface area contributed by atoms with Gasteiger partial charge in [0.1, 0.15) is 29.4 Å². The van der Waals surface area contributed by atoms with Crippen LogP contribution in [0.15, 0.2) is 58.5 Å². The fourth-order valence-corrected chi connectivity index (χ4v) is 2.89. The molecule has 0 bridgehead atoms. The monoisotopic (exact) mass is 452 g/mol. The van der Waals surface area contributed by atoms with Crippen molar-refractivity contribution in [2.75, 3.05) is 7.11 Å². The zero-order chi connectivity index (χ0) is 22.6. The summed E-state index contributed by atoms with van der Waals surface area (Å²) >= 11 is 6.11. The molecule has 162 valence electrons. The van der Waals surface area contributed by atoms with Crippen LogP contribution in [0.25, 0.3) is 11.1 Å². The molecule has 1 N–H and O–H groups in total. The van der Waals surface area contributed by atoms with Gasteiger partial charge in [-0.05, 0) is 48.9 Å². The van der Waals surface area contributed by atoms with Gasteiger partial charge in [-0.15, -0.1) is 13.2 Å². The number of alkyl halides is 3. The Morgan fingerprint density at radius 3 is 2.10 bits per heavy atom. The Morgan fingerprint density at radius 1 is 1.00 bits per heavy atom. The van der Waals surface area contributed by atoms with Crippen molar-refractivity contribution >= 4 is 17.8 Å². The molecule has 0 aliphatic heterocycles. The molecule has 0 aliphatic rings. The van der Waals surface area contributed by atoms with Crippen LogP contribution < -0.4 is 14.9 Å². The van der Waals surface area contributed by atoms with Crippen LogP contribution in [-0.4, -0.2) is 24.7 Å². The molecule has 0 unspecified atom stereocenters. The molecule has 10 heteroatoms. The lowest BCUT2D eigenvalue weighted by Gasteiger charge is -2.11. The second-order valence-corrected chi connectivity index (χ2v) is 6.62. The van der Waals surface area contributed by atoms with Crippen LogP contribution in [0.2, 0.25) is 5.02 Å². The van der Waals surface area contributed by atoms with Crippen molar-refractivity contribution in [3.63, 3.8) is 0 Å². The van der Waals surface area contributed by atoms with E-state index >= 15 is 0 Å². The van der Waals surface area contributed by atoms with Crippen molar-refractivity contribution in [3.8, 4) is 28.4 Å². The number of pyridine rings is 1. The van der Waals surface area contributed by atoms with Gasteiger partial charge in [-0.1, -0.05) is 28.9 Å². The first-order valence-corrected chi connectivity index (χ1v) is 9.18. The van der Waals surface area contributed by atoms with Gasteiger partial charge in [0.15, 0.2) is 0 Å². The third kappa shape index (κ3) is 5.58. The summed E-state index contributed by atoms with van der Waals surface area (Å²) in [6, 6.07) is 11.5. The normalized spacial score (nSPS) is 11.5. The summed E-state index contributed by atoms with van der Waals surface area (Å²) < 4.78 is 46.2. The minimum Gasteiger partial charge on any atom is -0.457 e. The fraction of sp³-hybridized carbons (Fsp3) is 0.143. The minimum absolute atomic E-state index is 0.0612. The van der Waals surface area contributed by atoms with Gasteiger partial charge in [-0.25, -0.2) is 0 Å². The van der Waals surface area contributed by atoms with E-state index in [1.807, 2.05) is 0 Å². The first-order valence-electron chi connectivity index (χ1n) is 8.81. The van der Waals surface area contributed by atoms with E-state index in [2.05, 4.69) is 14.9 Å². The van der Waals surface area contributed by atoms with Crippen LogP contribution in [0.4, 0.5) is 13.2 Å². The van der Waals surface area contributed by atoms with E-state index in [0.29, 0.717) is 34.0 Å². The molecule has 6 nitrogen and oxygen atoms in total. The van der Waals surface area contributed by atoms with E-state index in [1.165, 1.54) is 25.5 Å². The third-order valence-electron chi connectivity index (χ3n) is 4.07. The summed E-state index contributed by atoms with van der Waals surface area (Å²) in [6.07, 6.45) is -3.39. The Bertz CT molecular complexity index is 1140. The van der Waals surface area contributed by atoms with Gasteiger partial charge in [0.05, 0.1) is 17.5 Å². The smallest absolute Gasteiger partial charge is 0.457 e. The summed E-state index contributed by atoms with van der Waals surface area (Å²) in [5.41, 5.74) is 1.40. The zero-order valence-corrected chi connectivity index (χ0v) is 17.0. The SMILES string of the molecule is CON=Cc1[nH]c(C)c(Cl)c(=O)c1-c1ccc(Oc2ccc(OC(F)(F)F)cc2)cc1. The van der Waals surface area contributed by atoms with Gasteiger partial charge in [-0.3, -0.25) is 4.79 Å². The van der Waals surface area contributed by atoms with Crippen LogP contribution in [-0.2, 0) is 4.84 Å². The molecule has 0 aliphatic carbocycles. The van der Waals surface area contributed by atoms with Gasteiger partial charge < -0.3 is 19.3 Å². The number of halogens is 4. The topological polar surface area (TPSA) is 72.9 Å². The molecular formula is C21H16ClF3N2O4. The van der Waals surface area contributed by atoms with Crippen LogP contribution in [0.5, 0.6) is 17.2 Å². The summed E-state index contributed by atoms with van der Waals surface area (Å²) in [5.74, 6) is 0.373. The zero-order valence-electron chi connectivity index (χ0n) is 16.3. The molecule has 1 aromatic heterocycles. The number of hydrogen-bond donors (Lipinski definition) is 1. The van der Waals surface area contributed by atoms with Crippen molar-refractivity contribution in [2.24, 2.45) is 5.16 Å². The maximum Gasteiger partial charge on any atom is 0.573 e. The fourth-order valence-electron chi connectivity index (χ4n) is 2.75. The number of aromatic amines is 1. The Labute approximate surface area is 179 Å². The first-order chi connectivity index (χ1) is 14.7. The standard InChI is InChI=1S/C21H16ClF3N2O4/c1-12-19(22)20(28)18(17(27-12)11-26-29-2)13-3-5-14(6-4-13)30-15-7-9-16(10-8-15)31-21(23,24)25/h3-11H,1-2H3,(H,27,28). The Kier molecular flexibility index (Phi) is 6.55. The van der Waals surface area contributed by atoms with E-state index in [-0.39, 0.29) is 16.2 Å². The summed E-state index contributed by atoms with van der Waals surface area (Å²) in [5, 5.41) is 3.76. The average molecular weight is 453 g/mol. The molecule has 0 amide bonds. The molecular weight excluding hydrogens is 437 g/mol. The van der Waals surface area contributed by atoms with Gasteiger partial charge in [0, 0.05) is 5.69 Å². The largest absolute Gasteiger partial charge is 0.573 e. The maximum absolute atomic E-state index is 12.7. The number of nitrogens with one attached hydrogen (secondary N) is 1. The number of rotatable bonds is 6. The first kappa shape index (κ1) is 22.2. The van der Waals surface area contributed by atoms with Gasteiger partial charge in [0.25, 0.3) is 0 Å². The molecule has 0 saturated heterocycles. The second-order valence-electron chi connectivity index (χ2n) is 6.24. The molecule has 1 heterocycles. The number of hydrogen-bond acceptors (Lipinski definition) is 5. The number of H-pyrrole nitrogens is 1. The van der Waals surface area contributed by atoms with E-state index in [1.54, 1.807) is 31.2 Å². The Hall–Kier alpha value is -3.46. The molecule has 0 spiro atoms. The van der Waals surface area contributed by atoms with Gasteiger partial charge in [-0.2, -0.15) is 0 Å². The van der Waals surface area contributed by atoms with E-state index in [4.69, 9.17) is 21.2 Å². The third-order valence-corrected chi connectivity index (χ3v) is 4.53. The number of ether oxygens (including phenoxy) is 2. The molecule has 2 aromatic carbocycles. The quantitative estimate of drug-likeness (QED) is 0.386.